The molecule has 0 amide bonds. The summed E-state index contributed by atoms with van der Waals surface area (Å²) in [5.41, 5.74) is 0. The molecule has 3 nitrogen and oxygen atoms in total. The van der Waals surface area contributed by atoms with Gasteiger partial charge in [0, 0.05) is 7.11 Å². The maximum atomic E-state index is 8.31. The molecule has 2 unspecified atom stereocenters. The number of ether oxygens (including phenoxy) is 1. The van der Waals surface area contributed by atoms with Crippen molar-refractivity contribution in [2.24, 2.45) is 0 Å². The zero-order valence-electron chi connectivity index (χ0n) is 6.01. The molecule has 0 heterocycles. The zero-order chi connectivity index (χ0) is 7.28. The molecule has 0 saturated carbocycles. The number of hydrogen-bond donors (Lipinski definition) is 1. The van der Waals surface area contributed by atoms with Crippen molar-refractivity contribution in [2.45, 2.75) is 26.1 Å². The van der Waals surface area contributed by atoms with Crippen LogP contribution < -0.4 is 5.32 Å². The summed E-state index contributed by atoms with van der Waals surface area (Å²) in [5, 5.41) is 11.2. The van der Waals surface area contributed by atoms with E-state index in [9.17, 15) is 0 Å². The Morgan fingerprint density at radius 2 is 2.11 bits per heavy atom. The van der Waals surface area contributed by atoms with E-state index in [-0.39, 0.29) is 12.3 Å². The Morgan fingerprint density at radius 1 is 1.56 bits per heavy atom. The fourth-order valence-corrected chi connectivity index (χ4v) is 0.457. The molecule has 0 saturated heterocycles. The van der Waals surface area contributed by atoms with E-state index in [1.807, 2.05) is 13.0 Å². The third-order valence-electron chi connectivity index (χ3n) is 1.03. The van der Waals surface area contributed by atoms with E-state index in [1.54, 1.807) is 14.0 Å². The smallest absolute Gasteiger partial charge is 0.105 e. The molecular weight excluding hydrogens is 116 g/mol. The van der Waals surface area contributed by atoms with Crippen LogP contribution in [0.3, 0.4) is 0 Å². The first kappa shape index (κ1) is 8.41. The number of nitrogens with zero attached hydrogens (tertiary/aromatic N) is 1. The maximum absolute atomic E-state index is 8.31. The fraction of sp³-hybridized carbons (Fsp3) is 0.833. The monoisotopic (exact) mass is 128 g/mol. The average molecular weight is 128 g/mol. The van der Waals surface area contributed by atoms with E-state index in [2.05, 4.69) is 5.32 Å². The van der Waals surface area contributed by atoms with Crippen LogP contribution in [-0.2, 0) is 4.74 Å². The Morgan fingerprint density at radius 3 is 2.44 bits per heavy atom. The highest BCUT2D eigenvalue weighted by molar-refractivity contribution is 4.85. The van der Waals surface area contributed by atoms with Gasteiger partial charge in [-0.3, -0.25) is 5.32 Å². The third-order valence-corrected chi connectivity index (χ3v) is 1.03. The summed E-state index contributed by atoms with van der Waals surface area (Å²) >= 11 is 0. The number of hydrogen-bond acceptors (Lipinski definition) is 3. The molecule has 0 radical (unpaired) electrons. The number of methoxy groups -OCH3 is 1. The minimum absolute atomic E-state index is 0.0420. The van der Waals surface area contributed by atoms with Crippen molar-refractivity contribution in [3.8, 4) is 6.07 Å². The molecule has 0 spiro atoms. The van der Waals surface area contributed by atoms with Crippen LogP contribution in [0.1, 0.15) is 13.8 Å². The van der Waals surface area contributed by atoms with Crippen LogP contribution in [0.5, 0.6) is 0 Å². The van der Waals surface area contributed by atoms with Gasteiger partial charge in [0.15, 0.2) is 0 Å². The molecule has 2 atom stereocenters. The summed E-state index contributed by atoms with van der Waals surface area (Å²) < 4.78 is 4.86. The molecule has 0 aromatic heterocycles. The minimum atomic E-state index is -0.139. The molecule has 52 valence electrons. The molecule has 0 aliphatic rings. The first-order valence-electron chi connectivity index (χ1n) is 2.89. The van der Waals surface area contributed by atoms with Crippen molar-refractivity contribution in [2.75, 3.05) is 7.11 Å². The predicted octanol–water partition coefficient (Wildman–Crippen LogP) is 0.480. The van der Waals surface area contributed by atoms with Gasteiger partial charge < -0.3 is 4.74 Å². The minimum Gasteiger partial charge on any atom is -0.367 e. The largest absolute Gasteiger partial charge is 0.367 e. The second-order valence-electron chi connectivity index (χ2n) is 1.90. The van der Waals surface area contributed by atoms with Crippen LogP contribution in [0.15, 0.2) is 0 Å². The molecule has 0 aromatic carbocycles. The highest BCUT2D eigenvalue weighted by atomic mass is 16.5. The second-order valence-corrected chi connectivity index (χ2v) is 1.90. The highest BCUT2D eigenvalue weighted by Crippen LogP contribution is 1.84. The Hall–Kier alpha value is -0.590. The quantitative estimate of drug-likeness (QED) is 0.562. The topological polar surface area (TPSA) is 45.0 Å². The van der Waals surface area contributed by atoms with Gasteiger partial charge in [0.2, 0.25) is 0 Å². The molecule has 0 rings (SSSR count). The Bertz CT molecular complexity index is 108. The van der Waals surface area contributed by atoms with Crippen LogP contribution in [0.4, 0.5) is 0 Å². The van der Waals surface area contributed by atoms with Crippen molar-refractivity contribution in [3.63, 3.8) is 0 Å². The lowest BCUT2D eigenvalue weighted by Crippen LogP contribution is -2.34. The zero-order valence-corrected chi connectivity index (χ0v) is 6.01. The molecule has 0 aromatic rings. The standard InChI is InChI=1S/C6H12N2O/c1-5(4-7)8-6(2)9-3/h5-6,8H,1-3H3. The van der Waals surface area contributed by atoms with Crippen molar-refractivity contribution >= 4 is 0 Å². The van der Waals surface area contributed by atoms with Gasteiger partial charge in [-0.25, -0.2) is 0 Å². The summed E-state index contributed by atoms with van der Waals surface area (Å²) in [6.45, 7) is 3.64. The van der Waals surface area contributed by atoms with Gasteiger partial charge in [-0.1, -0.05) is 0 Å². The highest BCUT2D eigenvalue weighted by Gasteiger charge is 2.02. The normalized spacial score (nSPS) is 16.2. The molecule has 0 fully saturated rings. The van der Waals surface area contributed by atoms with Gasteiger partial charge in [0.05, 0.1) is 12.1 Å². The first-order valence-corrected chi connectivity index (χ1v) is 2.89. The Balaban J connectivity index is 3.37. The molecule has 0 aliphatic carbocycles. The predicted molar refractivity (Wildman–Crippen MR) is 34.7 cm³/mol. The van der Waals surface area contributed by atoms with Crippen molar-refractivity contribution in [1.29, 1.82) is 5.26 Å². The summed E-state index contributed by atoms with van der Waals surface area (Å²) in [6, 6.07) is 1.90. The SMILES string of the molecule is COC(C)NC(C)C#N. The summed E-state index contributed by atoms with van der Waals surface area (Å²) in [6.07, 6.45) is -0.0420. The Labute approximate surface area is 55.6 Å². The van der Waals surface area contributed by atoms with Gasteiger partial charge in [-0.05, 0) is 13.8 Å². The van der Waals surface area contributed by atoms with Crippen LogP contribution in [-0.4, -0.2) is 19.4 Å². The molecule has 3 heteroatoms. The van der Waals surface area contributed by atoms with Crippen LogP contribution in [0, 0.1) is 11.3 Å². The summed E-state index contributed by atoms with van der Waals surface area (Å²) in [4.78, 5) is 0. The fourth-order valence-electron chi connectivity index (χ4n) is 0.457. The molecular formula is C6H12N2O. The van der Waals surface area contributed by atoms with Gasteiger partial charge >= 0.3 is 0 Å². The van der Waals surface area contributed by atoms with Gasteiger partial charge in [-0.2, -0.15) is 5.26 Å². The third kappa shape index (κ3) is 3.95. The van der Waals surface area contributed by atoms with Crippen molar-refractivity contribution < 1.29 is 4.74 Å². The number of nitriles is 1. The van der Waals surface area contributed by atoms with E-state index in [4.69, 9.17) is 10.00 Å². The van der Waals surface area contributed by atoms with E-state index in [0.717, 1.165) is 0 Å². The lowest BCUT2D eigenvalue weighted by atomic mass is 10.4. The van der Waals surface area contributed by atoms with Crippen molar-refractivity contribution in [1.82, 2.24) is 5.32 Å². The molecule has 0 aliphatic heterocycles. The number of rotatable bonds is 3. The second kappa shape index (κ2) is 4.30. The van der Waals surface area contributed by atoms with Gasteiger partial charge in [0.1, 0.15) is 6.23 Å². The van der Waals surface area contributed by atoms with Crippen LogP contribution in [0.2, 0.25) is 0 Å². The van der Waals surface area contributed by atoms with Crippen molar-refractivity contribution in [3.05, 3.63) is 0 Å². The van der Waals surface area contributed by atoms with E-state index in [0.29, 0.717) is 0 Å². The van der Waals surface area contributed by atoms with E-state index >= 15 is 0 Å². The van der Waals surface area contributed by atoms with E-state index in [1.165, 1.54) is 0 Å². The summed E-state index contributed by atoms with van der Waals surface area (Å²) in [7, 11) is 1.60. The van der Waals surface area contributed by atoms with Gasteiger partial charge in [-0.15, -0.1) is 0 Å². The first-order chi connectivity index (χ1) is 4.20. The summed E-state index contributed by atoms with van der Waals surface area (Å²) in [5.74, 6) is 0. The molecule has 1 N–H and O–H groups in total. The van der Waals surface area contributed by atoms with Gasteiger partial charge in [0.25, 0.3) is 0 Å². The number of nitrogens with one attached hydrogen (secondary N) is 1. The molecule has 0 bridgehead atoms. The lowest BCUT2D eigenvalue weighted by molar-refractivity contribution is 0.0856. The maximum Gasteiger partial charge on any atom is 0.105 e. The van der Waals surface area contributed by atoms with Crippen LogP contribution in [0.25, 0.3) is 0 Å². The average Bonchev–Trinajstić information content (AvgIpc) is 1.87. The molecule has 9 heavy (non-hydrogen) atoms. The van der Waals surface area contributed by atoms with Crippen LogP contribution >= 0.6 is 0 Å². The van der Waals surface area contributed by atoms with E-state index < -0.39 is 0 Å². The Kier molecular flexibility index (Phi) is 4.02. The lowest BCUT2D eigenvalue weighted by Gasteiger charge is -2.12.